The number of unbranched alkanes of at least 4 members (excludes halogenated alkanes) is 3. The summed E-state index contributed by atoms with van der Waals surface area (Å²) in [6, 6.07) is 24.7. The predicted molar refractivity (Wildman–Crippen MR) is 204 cm³/mol. The van der Waals surface area contributed by atoms with Crippen molar-refractivity contribution in [3.8, 4) is 0 Å². The Morgan fingerprint density at radius 2 is 1.09 bits per heavy atom. The molecule has 4 rings (SSSR count). The first-order valence-electron chi connectivity index (χ1n) is 18.1. The van der Waals surface area contributed by atoms with E-state index in [2.05, 4.69) is 0 Å². The number of ether oxygens (including phenoxy) is 3. The smallest absolute Gasteiger partial charge is 0.313 e. The SMILES string of the molecule is CCC(CCCCOC(=O)C(C)c1ccc(C(=O)c2ccccc2)s1)(OC(=O)CCCCCOC(=O)C(C)c1ccc(C(=O)c2ccccc2)s1)C(=O)[O-]. The van der Waals surface area contributed by atoms with Crippen LogP contribution in [0.3, 0.4) is 0 Å². The van der Waals surface area contributed by atoms with E-state index in [-0.39, 0.29) is 44.0 Å². The molecule has 2 aromatic heterocycles. The molecule has 0 aliphatic heterocycles. The molecule has 4 aromatic rings. The summed E-state index contributed by atoms with van der Waals surface area (Å²) in [7, 11) is 0. The van der Waals surface area contributed by atoms with Crippen molar-refractivity contribution in [2.75, 3.05) is 13.2 Å². The number of carboxylic acid groups (broad SMARTS) is 1. The number of benzene rings is 2. The highest BCUT2D eigenvalue weighted by Gasteiger charge is 2.34. The molecule has 54 heavy (non-hydrogen) atoms. The second-order valence-corrected chi connectivity index (χ2v) is 15.2. The van der Waals surface area contributed by atoms with Gasteiger partial charge in [-0.05, 0) is 83.1 Å². The molecular weight excluding hydrogens is 729 g/mol. The fourth-order valence-electron chi connectivity index (χ4n) is 5.62. The van der Waals surface area contributed by atoms with Crippen molar-refractivity contribution in [2.45, 2.75) is 89.6 Å². The van der Waals surface area contributed by atoms with Gasteiger partial charge in [0.1, 0.15) is 0 Å². The molecule has 0 aliphatic carbocycles. The molecule has 0 amide bonds. The van der Waals surface area contributed by atoms with Gasteiger partial charge in [0.2, 0.25) is 11.6 Å². The normalized spacial score (nSPS) is 13.2. The van der Waals surface area contributed by atoms with E-state index in [4.69, 9.17) is 14.2 Å². The van der Waals surface area contributed by atoms with E-state index in [0.717, 1.165) is 4.88 Å². The van der Waals surface area contributed by atoms with Crippen LogP contribution in [0.1, 0.15) is 124 Å². The van der Waals surface area contributed by atoms with Gasteiger partial charge >= 0.3 is 17.9 Å². The molecule has 0 bridgehead atoms. The number of hydrogen-bond donors (Lipinski definition) is 0. The number of ketones is 2. The summed E-state index contributed by atoms with van der Waals surface area (Å²) < 4.78 is 16.3. The van der Waals surface area contributed by atoms with Crippen molar-refractivity contribution < 1.29 is 48.1 Å². The highest BCUT2D eigenvalue weighted by atomic mass is 32.1. The lowest BCUT2D eigenvalue weighted by molar-refractivity contribution is -0.326. The van der Waals surface area contributed by atoms with E-state index in [9.17, 15) is 33.9 Å². The van der Waals surface area contributed by atoms with Crippen molar-refractivity contribution in [2.24, 2.45) is 0 Å². The van der Waals surface area contributed by atoms with Crippen molar-refractivity contribution in [1.29, 1.82) is 0 Å². The summed E-state index contributed by atoms with van der Waals surface area (Å²) in [6.45, 7) is 5.25. The number of hydrogen-bond acceptors (Lipinski definition) is 12. The van der Waals surface area contributed by atoms with Gasteiger partial charge in [-0.3, -0.25) is 24.0 Å². The Hall–Kier alpha value is -4.94. The van der Waals surface area contributed by atoms with Gasteiger partial charge in [0.05, 0.1) is 40.8 Å². The van der Waals surface area contributed by atoms with E-state index >= 15 is 0 Å². The molecule has 3 unspecified atom stereocenters. The molecule has 12 heteroatoms. The topological polar surface area (TPSA) is 153 Å². The van der Waals surface area contributed by atoms with Crippen LogP contribution in [-0.2, 0) is 33.4 Å². The first-order valence-corrected chi connectivity index (χ1v) is 19.7. The molecule has 0 saturated heterocycles. The quantitative estimate of drug-likeness (QED) is 0.0341. The third kappa shape index (κ3) is 11.5. The van der Waals surface area contributed by atoms with Crippen molar-refractivity contribution in [3.63, 3.8) is 0 Å². The predicted octanol–water partition coefficient (Wildman–Crippen LogP) is 7.44. The van der Waals surface area contributed by atoms with Gasteiger partial charge in [-0.15, -0.1) is 22.7 Å². The zero-order valence-corrected chi connectivity index (χ0v) is 32.3. The Morgan fingerprint density at radius 1 is 0.630 bits per heavy atom. The molecule has 0 radical (unpaired) electrons. The maximum absolute atomic E-state index is 12.7. The van der Waals surface area contributed by atoms with E-state index in [1.807, 2.05) is 12.1 Å². The van der Waals surface area contributed by atoms with Crippen molar-refractivity contribution >= 4 is 58.1 Å². The van der Waals surface area contributed by atoms with Gasteiger partial charge in [-0.1, -0.05) is 67.6 Å². The third-order valence-electron chi connectivity index (χ3n) is 9.07. The van der Waals surface area contributed by atoms with Crippen molar-refractivity contribution in [1.82, 2.24) is 0 Å². The van der Waals surface area contributed by atoms with Gasteiger partial charge in [-0.25, -0.2) is 0 Å². The number of esters is 3. The van der Waals surface area contributed by atoms with E-state index in [0.29, 0.717) is 57.9 Å². The monoisotopic (exact) mass is 773 g/mol. The Bertz CT molecular complexity index is 1880. The highest BCUT2D eigenvalue weighted by molar-refractivity contribution is 7.14. The average molecular weight is 774 g/mol. The van der Waals surface area contributed by atoms with Gasteiger partial charge in [0.15, 0.2) is 5.60 Å². The third-order valence-corrected chi connectivity index (χ3v) is 11.6. The maximum Gasteiger partial charge on any atom is 0.313 e. The highest BCUT2D eigenvalue weighted by Crippen LogP contribution is 2.30. The molecule has 3 atom stereocenters. The van der Waals surface area contributed by atoms with Crippen LogP contribution in [0.25, 0.3) is 0 Å². The molecule has 0 N–H and O–H groups in total. The Balaban J connectivity index is 1.12. The number of carbonyl (C=O) groups excluding carboxylic acids is 6. The van der Waals surface area contributed by atoms with Gasteiger partial charge in [-0.2, -0.15) is 0 Å². The van der Waals surface area contributed by atoms with Crippen molar-refractivity contribution in [3.05, 3.63) is 116 Å². The average Bonchev–Trinajstić information content (AvgIpc) is 3.89. The van der Waals surface area contributed by atoms with Gasteiger partial charge in [0.25, 0.3) is 0 Å². The summed E-state index contributed by atoms with van der Waals surface area (Å²) in [4.78, 5) is 78.0. The summed E-state index contributed by atoms with van der Waals surface area (Å²) in [5.74, 6) is -4.35. The molecular formula is C42H45O10S2-. The van der Waals surface area contributed by atoms with Crippen LogP contribution in [0.15, 0.2) is 84.9 Å². The lowest BCUT2D eigenvalue weighted by atomic mass is 9.93. The lowest BCUT2D eigenvalue weighted by Crippen LogP contribution is -2.51. The minimum atomic E-state index is -1.80. The summed E-state index contributed by atoms with van der Waals surface area (Å²) in [5, 5.41) is 12.1. The molecule has 2 aromatic carbocycles. The first-order chi connectivity index (χ1) is 26.0. The number of aliphatic carboxylic acids is 1. The lowest BCUT2D eigenvalue weighted by Gasteiger charge is -2.33. The second-order valence-electron chi connectivity index (χ2n) is 12.9. The summed E-state index contributed by atoms with van der Waals surface area (Å²) in [6.07, 6.45) is 2.13. The molecule has 2 heterocycles. The molecule has 0 saturated carbocycles. The number of carbonyl (C=O) groups is 6. The Morgan fingerprint density at radius 3 is 1.54 bits per heavy atom. The number of carboxylic acids is 1. The van der Waals surface area contributed by atoms with Crippen LogP contribution in [-0.4, -0.2) is 54.3 Å². The summed E-state index contributed by atoms with van der Waals surface area (Å²) >= 11 is 2.51. The number of rotatable bonds is 22. The Labute approximate surface area is 323 Å². The Kier molecular flexibility index (Phi) is 15.9. The molecule has 10 nitrogen and oxygen atoms in total. The van der Waals surface area contributed by atoms with E-state index in [1.165, 1.54) is 22.7 Å². The first kappa shape index (κ1) is 41.8. The van der Waals surface area contributed by atoms with E-state index in [1.54, 1.807) is 93.6 Å². The standard InChI is InChI=1S/C42H46O10S2/c1-4-42(41(48)49,25-13-15-27-51-40(47)29(3)33-22-24-35(54-33)38(45)31-18-10-6-11-19-31)52-36(43)20-12-7-14-26-50-39(46)28(2)32-21-23-34(53-32)37(44)30-16-8-5-9-17-30/h5-6,8-11,16-19,21-24,28-29H,4,7,12-15,20,25-27H2,1-3H3,(H,48,49)/p-1. The fraction of sp³-hybridized carbons (Fsp3) is 0.381. The molecule has 286 valence electrons. The second kappa shape index (κ2) is 20.5. The molecule has 0 aliphatic rings. The van der Waals surface area contributed by atoms with Gasteiger partial charge in [0, 0.05) is 27.3 Å². The van der Waals surface area contributed by atoms with E-state index < -0.39 is 41.3 Å². The van der Waals surface area contributed by atoms with Crippen LogP contribution in [0, 0.1) is 0 Å². The minimum absolute atomic E-state index is 0.000838. The maximum atomic E-state index is 12.7. The van der Waals surface area contributed by atoms with Gasteiger partial charge < -0.3 is 24.1 Å². The van der Waals surface area contributed by atoms with Crippen LogP contribution >= 0.6 is 22.7 Å². The van der Waals surface area contributed by atoms with Crippen LogP contribution in [0.4, 0.5) is 0 Å². The zero-order valence-electron chi connectivity index (χ0n) is 30.7. The van der Waals surface area contributed by atoms with Crippen LogP contribution < -0.4 is 5.11 Å². The largest absolute Gasteiger partial charge is 0.546 e. The van der Waals surface area contributed by atoms with Crippen LogP contribution in [0.5, 0.6) is 0 Å². The molecule has 0 spiro atoms. The number of thiophene rings is 2. The fourth-order valence-corrected chi connectivity index (χ4v) is 7.64. The molecule has 0 fully saturated rings. The van der Waals surface area contributed by atoms with Crippen LogP contribution in [0.2, 0.25) is 0 Å². The minimum Gasteiger partial charge on any atom is -0.546 e. The zero-order chi connectivity index (χ0) is 39.1. The summed E-state index contributed by atoms with van der Waals surface area (Å²) in [5.41, 5.74) is -0.652.